The van der Waals surface area contributed by atoms with Crippen LogP contribution >= 0.6 is 0 Å². The third kappa shape index (κ3) is 3.40. The summed E-state index contributed by atoms with van der Waals surface area (Å²) in [6, 6.07) is 15.4. The van der Waals surface area contributed by atoms with Gasteiger partial charge in [0.1, 0.15) is 5.75 Å². The topological polar surface area (TPSA) is 12.5 Å². The van der Waals surface area contributed by atoms with E-state index in [1.165, 1.54) is 56.4 Å². The number of likely N-dealkylation sites (N-methyl/N-ethyl adjacent to an activating group) is 1. The largest absolute Gasteiger partial charge is 0.496 e. The van der Waals surface area contributed by atoms with Crippen LogP contribution in [0.5, 0.6) is 5.75 Å². The molecule has 1 fully saturated rings. The maximum Gasteiger partial charge on any atom is 0.122 e. The van der Waals surface area contributed by atoms with Gasteiger partial charge in [0.2, 0.25) is 0 Å². The van der Waals surface area contributed by atoms with Gasteiger partial charge in [-0.1, -0.05) is 43.3 Å². The number of aryl methyl sites for hydroxylation is 2. The van der Waals surface area contributed by atoms with Crippen LogP contribution in [0, 0.1) is 5.92 Å². The molecule has 2 atom stereocenters. The molecular weight excluding hydrogens is 318 g/mol. The Kier molecular flexibility index (Phi) is 5.31. The lowest BCUT2D eigenvalue weighted by atomic mass is 9.74. The molecule has 0 bridgehead atoms. The van der Waals surface area contributed by atoms with Crippen LogP contribution in [0.25, 0.3) is 0 Å². The molecule has 0 saturated carbocycles. The molecule has 2 aliphatic rings. The van der Waals surface area contributed by atoms with Crippen molar-refractivity contribution in [1.82, 2.24) is 4.90 Å². The number of hydrogen-bond acceptors (Lipinski definition) is 2. The molecule has 4 rings (SSSR count). The number of benzene rings is 2. The summed E-state index contributed by atoms with van der Waals surface area (Å²) in [6.45, 7) is 5.98. The smallest absolute Gasteiger partial charge is 0.122 e. The molecule has 2 nitrogen and oxygen atoms in total. The number of rotatable bonds is 6. The van der Waals surface area contributed by atoms with Crippen LogP contribution in [-0.4, -0.2) is 31.6 Å². The van der Waals surface area contributed by atoms with Crippen molar-refractivity contribution in [2.24, 2.45) is 5.92 Å². The van der Waals surface area contributed by atoms with Crippen LogP contribution < -0.4 is 4.74 Å². The third-order valence-corrected chi connectivity index (χ3v) is 6.48. The Hall–Kier alpha value is -1.80. The van der Waals surface area contributed by atoms with Gasteiger partial charge in [0, 0.05) is 19.0 Å². The van der Waals surface area contributed by atoms with E-state index >= 15 is 0 Å². The number of methoxy groups -OCH3 is 1. The fourth-order valence-corrected chi connectivity index (χ4v) is 5.12. The molecule has 1 aliphatic carbocycles. The van der Waals surface area contributed by atoms with Crippen molar-refractivity contribution >= 4 is 0 Å². The van der Waals surface area contributed by atoms with E-state index in [1.807, 2.05) is 7.11 Å². The second-order valence-corrected chi connectivity index (χ2v) is 7.92. The molecule has 138 valence electrons. The SMILES string of the molecule is CCN1C[C@@H]2CCc3c(OC)ccc(CCCc4ccccc4)c3[C@@H]2C1. The van der Waals surface area contributed by atoms with E-state index in [9.17, 15) is 0 Å². The molecule has 0 amide bonds. The Morgan fingerprint density at radius 1 is 1.04 bits per heavy atom. The molecule has 1 heterocycles. The van der Waals surface area contributed by atoms with E-state index < -0.39 is 0 Å². The first kappa shape index (κ1) is 17.6. The predicted octanol–water partition coefficient (Wildman–Crippen LogP) is 4.85. The van der Waals surface area contributed by atoms with E-state index in [4.69, 9.17) is 4.74 Å². The van der Waals surface area contributed by atoms with Gasteiger partial charge >= 0.3 is 0 Å². The summed E-state index contributed by atoms with van der Waals surface area (Å²) in [4.78, 5) is 2.64. The molecule has 0 aromatic heterocycles. The maximum absolute atomic E-state index is 5.73. The van der Waals surface area contributed by atoms with Crippen molar-refractivity contribution in [1.29, 1.82) is 0 Å². The van der Waals surface area contributed by atoms with Crippen LogP contribution in [0.1, 0.15) is 47.9 Å². The van der Waals surface area contributed by atoms with Gasteiger partial charge in [-0.15, -0.1) is 0 Å². The third-order valence-electron chi connectivity index (χ3n) is 6.48. The van der Waals surface area contributed by atoms with E-state index in [1.54, 1.807) is 11.1 Å². The van der Waals surface area contributed by atoms with Gasteiger partial charge in [0.05, 0.1) is 7.11 Å². The number of likely N-dealkylation sites (tertiary alicyclic amines) is 1. The number of ether oxygens (including phenoxy) is 1. The first-order chi connectivity index (χ1) is 12.8. The summed E-state index contributed by atoms with van der Waals surface area (Å²) in [5, 5.41) is 0. The Bertz CT molecular complexity index is 739. The van der Waals surface area contributed by atoms with E-state index in [2.05, 4.69) is 54.3 Å². The molecular formula is C24H31NO. The van der Waals surface area contributed by atoms with Crippen molar-refractivity contribution in [3.8, 4) is 5.75 Å². The van der Waals surface area contributed by atoms with Crippen molar-refractivity contribution in [3.63, 3.8) is 0 Å². The summed E-state index contributed by atoms with van der Waals surface area (Å²) >= 11 is 0. The minimum atomic E-state index is 0.709. The van der Waals surface area contributed by atoms with Crippen molar-refractivity contribution < 1.29 is 4.74 Å². The summed E-state index contributed by atoms with van der Waals surface area (Å²) in [7, 11) is 1.82. The van der Waals surface area contributed by atoms with Gasteiger partial charge < -0.3 is 9.64 Å². The van der Waals surface area contributed by atoms with E-state index in [-0.39, 0.29) is 0 Å². The molecule has 26 heavy (non-hydrogen) atoms. The molecule has 0 unspecified atom stereocenters. The highest BCUT2D eigenvalue weighted by Gasteiger charge is 2.38. The Morgan fingerprint density at radius 2 is 1.88 bits per heavy atom. The second-order valence-electron chi connectivity index (χ2n) is 7.92. The average molecular weight is 350 g/mol. The lowest BCUT2D eigenvalue weighted by Crippen LogP contribution is -2.21. The highest BCUT2D eigenvalue weighted by atomic mass is 16.5. The summed E-state index contributed by atoms with van der Waals surface area (Å²) < 4.78 is 5.73. The van der Waals surface area contributed by atoms with E-state index in [0.29, 0.717) is 5.92 Å². The number of hydrogen-bond donors (Lipinski definition) is 0. The quantitative estimate of drug-likeness (QED) is 0.739. The van der Waals surface area contributed by atoms with Crippen LogP contribution in [0.15, 0.2) is 42.5 Å². The molecule has 1 aliphatic heterocycles. The molecule has 2 aromatic rings. The monoisotopic (exact) mass is 349 g/mol. The lowest BCUT2D eigenvalue weighted by molar-refractivity contribution is 0.338. The second kappa shape index (κ2) is 7.84. The van der Waals surface area contributed by atoms with Gasteiger partial charge in [-0.25, -0.2) is 0 Å². The Morgan fingerprint density at radius 3 is 2.65 bits per heavy atom. The van der Waals surface area contributed by atoms with Crippen LogP contribution in [0.3, 0.4) is 0 Å². The first-order valence-corrected chi connectivity index (χ1v) is 10.2. The van der Waals surface area contributed by atoms with Gasteiger partial charge in [0.15, 0.2) is 0 Å². The standard InChI is InChI=1S/C24H31NO/c1-3-25-16-20-12-14-21-23(26-2)15-13-19(24(21)22(20)17-25)11-7-10-18-8-5-4-6-9-18/h4-6,8-9,13,15,20,22H,3,7,10-12,14,16-17H2,1-2H3/t20-,22+/m0/s1. The van der Waals surface area contributed by atoms with Crippen molar-refractivity contribution in [2.75, 3.05) is 26.7 Å². The first-order valence-electron chi connectivity index (χ1n) is 10.2. The van der Waals surface area contributed by atoms with Crippen LogP contribution in [0.4, 0.5) is 0 Å². The van der Waals surface area contributed by atoms with Gasteiger partial charge in [-0.2, -0.15) is 0 Å². The maximum atomic E-state index is 5.73. The number of fused-ring (bicyclic) bond motifs is 3. The van der Waals surface area contributed by atoms with Gasteiger partial charge in [-0.3, -0.25) is 0 Å². The Balaban J connectivity index is 1.57. The van der Waals surface area contributed by atoms with Crippen molar-refractivity contribution in [2.45, 2.75) is 44.9 Å². The molecule has 2 aromatic carbocycles. The van der Waals surface area contributed by atoms with Crippen LogP contribution in [-0.2, 0) is 19.3 Å². The number of nitrogens with zero attached hydrogens (tertiary/aromatic N) is 1. The zero-order chi connectivity index (χ0) is 17.9. The van der Waals surface area contributed by atoms with Crippen LogP contribution in [0.2, 0.25) is 0 Å². The lowest BCUT2D eigenvalue weighted by Gasteiger charge is -2.31. The summed E-state index contributed by atoms with van der Waals surface area (Å²) in [5.74, 6) is 2.66. The molecule has 2 heteroatoms. The molecule has 1 saturated heterocycles. The molecule has 0 spiro atoms. The fourth-order valence-electron chi connectivity index (χ4n) is 5.12. The minimum absolute atomic E-state index is 0.709. The minimum Gasteiger partial charge on any atom is -0.496 e. The predicted molar refractivity (Wildman–Crippen MR) is 108 cm³/mol. The summed E-state index contributed by atoms with van der Waals surface area (Å²) in [6.07, 6.45) is 6.06. The zero-order valence-corrected chi connectivity index (χ0v) is 16.2. The average Bonchev–Trinajstić information content (AvgIpc) is 3.12. The van der Waals surface area contributed by atoms with Crippen molar-refractivity contribution in [3.05, 3.63) is 64.7 Å². The highest BCUT2D eigenvalue weighted by molar-refractivity contribution is 5.49. The van der Waals surface area contributed by atoms with Gasteiger partial charge in [0.25, 0.3) is 0 Å². The van der Waals surface area contributed by atoms with E-state index in [0.717, 1.165) is 18.1 Å². The normalized spacial score (nSPS) is 22.1. The Labute approximate surface area is 158 Å². The zero-order valence-electron chi connectivity index (χ0n) is 16.2. The van der Waals surface area contributed by atoms with Gasteiger partial charge in [-0.05, 0) is 72.9 Å². The molecule has 0 N–H and O–H groups in total. The highest BCUT2D eigenvalue weighted by Crippen LogP contribution is 2.46. The fraction of sp³-hybridized carbons (Fsp3) is 0.500. The molecule has 0 radical (unpaired) electrons. The summed E-state index contributed by atoms with van der Waals surface area (Å²) in [5.41, 5.74) is 6.17.